The van der Waals surface area contributed by atoms with Crippen molar-refractivity contribution < 1.29 is 9.18 Å². The Kier molecular flexibility index (Phi) is 4.84. The summed E-state index contributed by atoms with van der Waals surface area (Å²) in [5.74, 6) is -0.488. The zero-order valence-electron chi connectivity index (χ0n) is 12.2. The molecule has 0 aliphatic carbocycles. The second-order valence-corrected chi connectivity index (χ2v) is 6.21. The number of aromatic nitrogens is 2. The summed E-state index contributed by atoms with van der Waals surface area (Å²) in [6.45, 7) is 3.24. The first kappa shape index (κ1) is 16.2. The van der Waals surface area contributed by atoms with Crippen molar-refractivity contribution in [2.45, 2.75) is 6.54 Å². The van der Waals surface area contributed by atoms with E-state index in [2.05, 4.69) is 15.1 Å². The third-order valence-electron chi connectivity index (χ3n) is 3.88. The van der Waals surface area contributed by atoms with E-state index in [1.54, 1.807) is 11.0 Å². The van der Waals surface area contributed by atoms with Crippen molar-refractivity contribution in [2.75, 3.05) is 26.2 Å². The summed E-state index contributed by atoms with van der Waals surface area (Å²) in [5.41, 5.74) is 1.20. The number of nitrogens with zero attached hydrogens (tertiary/aromatic N) is 3. The lowest BCUT2D eigenvalue weighted by Gasteiger charge is -2.34. The average molecular weight is 357 g/mol. The van der Waals surface area contributed by atoms with Gasteiger partial charge >= 0.3 is 0 Å². The minimum atomic E-state index is -0.342. The smallest absolute Gasteiger partial charge is 0.273 e. The molecule has 0 saturated carbocycles. The molecule has 1 aromatic carbocycles. The van der Waals surface area contributed by atoms with E-state index in [1.165, 1.54) is 18.3 Å². The molecule has 23 heavy (non-hydrogen) atoms. The van der Waals surface area contributed by atoms with E-state index in [4.69, 9.17) is 23.2 Å². The molecule has 2 aromatic rings. The second-order valence-electron chi connectivity index (χ2n) is 5.40. The van der Waals surface area contributed by atoms with Crippen LogP contribution in [0.15, 0.2) is 24.4 Å². The maximum atomic E-state index is 13.1. The van der Waals surface area contributed by atoms with Crippen molar-refractivity contribution >= 4 is 29.1 Å². The van der Waals surface area contributed by atoms with Gasteiger partial charge in [0.2, 0.25) is 0 Å². The summed E-state index contributed by atoms with van der Waals surface area (Å²) in [5, 5.41) is 7.14. The van der Waals surface area contributed by atoms with Crippen LogP contribution >= 0.6 is 23.2 Å². The Balaban J connectivity index is 1.58. The Bertz CT molecular complexity index is 713. The molecule has 1 aliphatic heterocycles. The number of H-pyrrole nitrogens is 1. The first-order valence-corrected chi connectivity index (χ1v) is 7.94. The molecule has 0 unspecified atom stereocenters. The fraction of sp³-hybridized carbons (Fsp3) is 0.333. The number of halogens is 3. The summed E-state index contributed by atoms with van der Waals surface area (Å²) >= 11 is 12.0. The lowest BCUT2D eigenvalue weighted by Crippen LogP contribution is -2.48. The standard InChI is InChI=1S/C15H15Cl2FN4O/c16-12-7-11(18)2-1-10(12)9-21-3-5-22(6-4-21)15(23)14-13(17)8-19-20-14/h1-2,7-8H,3-6,9H2,(H,19,20). The Morgan fingerprint density at radius 2 is 1.96 bits per heavy atom. The van der Waals surface area contributed by atoms with Gasteiger partial charge in [-0.05, 0) is 17.7 Å². The predicted molar refractivity (Wildman–Crippen MR) is 86.2 cm³/mol. The molecule has 2 heterocycles. The number of hydrogen-bond donors (Lipinski definition) is 1. The Morgan fingerprint density at radius 3 is 2.57 bits per heavy atom. The average Bonchev–Trinajstić information content (AvgIpc) is 2.96. The summed E-state index contributed by atoms with van der Waals surface area (Å²) in [7, 11) is 0. The number of carbonyl (C=O) groups is 1. The molecule has 0 bridgehead atoms. The molecule has 8 heteroatoms. The predicted octanol–water partition coefficient (Wildman–Crippen LogP) is 2.81. The van der Waals surface area contributed by atoms with Gasteiger partial charge in [0.15, 0.2) is 0 Å². The van der Waals surface area contributed by atoms with Crippen LogP contribution in [0.5, 0.6) is 0 Å². The minimum Gasteiger partial charge on any atom is -0.335 e. The zero-order chi connectivity index (χ0) is 16.4. The van der Waals surface area contributed by atoms with Crippen LogP contribution in [0.1, 0.15) is 16.1 Å². The number of benzene rings is 1. The maximum absolute atomic E-state index is 13.1. The summed E-state index contributed by atoms with van der Waals surface area (Å²) in [6.07, 6.45) is 1.42. The van der Waals surface area contributed by atoms with Gasteiger partial charge in [-0.25, -0.2) is 4.39 Å². The lowest BCUT2D eigenvalue weighted by molar-refractivity contribution is 0.0623. The van der Waals surface area contributed by atoms with Gasteiger partial charge in [-0.3, -0.25) is 14.8 Å². The van der Waals surface area contributed by atoms with Crippen molar-refractivity contribution in [1.82, 2.24) is 20.0 Å². The minimum absolute atomic E-state index is 0.146. The topological polar surface area (TPSA) is 52.2 Å². The van der Waals surface area contributed by atoms with Crippen LogP contribution in [0.3, 0.4) is 0 Å². The van der Waals surface area contributed by atoms with E-state index in [9.17, 15) is 9.18 Å². The van der Waals surface area contributed by atoms with Crippen molar-refractivity contribution in [1.29, 1.82) is 0 Å². The van der Waals surface area contributed by atoms with Crippen molar-refractivity contribution in [3.63, 3.8) is 0 Å². The number of aromatic amines is 1. The lowest BCUT2D eigenvalue weighted by atomic mass is 10.2. The van der Waals surface area contributed by atoms with Crippen LogP contribution in [-0.4, -0.2) is 52.1 Å². The molecule has 0 atom stereocenters. The number of piperazine rings is 1. The summed E-state index contributed by atoms with van der Waals surface area (Å²) in [6, 6.07) is 4.41. The molecule has 122 valence electrons. The quantitative estimate of drug-likeness (QED) is 0.919. The molecule has 0 spiro atoms. The third kappa shape index (κ3) is 3.65. The monoisotopic (exact) mass is 356 g/mol. The highest BCUT2D eigenvalue weighted by molar-refractivity contribution is 6.33. The van der Waals surface area contributed by atoms with E-state index < -0.39 is 0 Å². The zero-order valence-corrected chi connectivity index (χ0v) is 13.7. The second kappa shape index (κ2) is 6.86. The normalized spacial score (nSPS) is 15.9. The van der Waals surface area contributed by atoms with E-state index in [0.29, 0.717) is 48.5 Å². The molecule has 1 fully saturated rings. The molecule has 1 aromatic heterocycles. The maximum Gasteiger partial charge on any atom is 0.273 e. The van der Waals surface area contributed by atoms with Gasteiger partial charge in [-0.1, -0.05) is 29.3 Å². The van der Waals surface area contributed by atoms with E-state index >= 15 is 0 Å². The van der Waals surface area contributed by atoms with Crippen LogP contribution < -0.4 is 0 Å². The van der Waals surface area contributed by atoms with Crippen LogP contribution in [0, 0.1) is 5.82 Å². The van der Waals surface area contributed by atoms with Gasteiger partial charge in [-0.15, -0.1) is 0 Å². The van der Waals surface area contributed by atoms with E-state index in [-0.39, 0.29) is 11.7 Å². The van der Waals surface area contributed by atoms with Gasteiger partial charge < -0.3 is 4.90 Å². The first-order valence-electron chi connectivity index (χ1n) is 7.19. The number of carbonyl (C=O) groups excluding carboxylic acids is 1. The van der Waals surface area contributed by atoms with Crippen LogP contribution in [0.4, 0.5) is 4.39 Å². The van der Waals surface area contributed by atoms with Crippen LogP contribution in [0.25, 0.3) is 0 Å². The number of nitrogens with one attached hydrogen (secondary N) is 1. The van der Waals surface area contributed by atoms with Crippen LogP contribution in [-0.2, 0) is 6.54 Å². The SMILES string of the molecule is O=C(c1[nH]ncc1Cl)N1CCN(Cc2ccc(F)cc2Cl)CC1. The van der Waals surface area contributed by atoms with Crippen molar-refractivity contribution in [2.24, 2.45) is 0 Å². The number of rotatable bonds is 3. The highest BCUT2D eigenvalue weighted by Crippen LogP contribution is 2.20. The van der Waals surface area contributed by atoms with Gasteiger partial charge in [0.25, 0.3) is 5.91 Å². The Labute approximate surface area is 143 Å². The fourth-order valence-corrected chi connectivity index (χ4v) is 2.98. The molecule has 5 nitrogen and oxygen atoms in total. The van der Waals surface area contributed by atoms with E-state index in [0.717, 1.165) is 5.56 Å². The molecule has 0 radical (unpaired) electrons. The molecule has 3 rings (SSSR count). The summed E-state index contributed by atoms with van der Waals surface area (Å²) in [4.78, 5) is 16.2. The number of amides is 1. The Hall–Kier alpha value is -1.63. The van der Waals surface area contributed by atoms with Gasteiger partial charge in [0.05, 0.1) is 11.2 Å². The molecular weight excluding hydrogens is 342 g/mol. The fourth-order valence-electron chi connectivity index (χ4n) is 2.58. The van der Waals surface area contributed by atoms with Gasteiger partial charge in [-0.2, -0.15) is 5.10 Å². The Morgan fingerprint density at radius 1 is 1.22 bits per heavy atom. The third-order valence-corrected chi connectivity index (χ3v) is 4.51. The number of hydrogen-bond acceptors (Lipinski definition) is 3. The molecular formula is C15H15Cl2FN4O. The highest BCUT2D eigenvalue weighted by atomic mass is 35.5. The first-order chi connectivity index (χ1) is 11.0. The van der Waals surface area contributed by atoms with Crippen LogP contribution in [0.2, 0.25) is 10.0 Å². The van der Waals surface area contributed by atoms with Gasteiger partial charge in [0, 0.05) is 37.7 Å². The molecule has 1 N–H and O–H groups in total. The molecule has 1 amide bonds. The molecule has 1 aliphatic rings. The van der Waals surface area contributed by atoms with Gasteiger partial charge in [0.1, 0.15) is 11.5 Å². The molecule has 1 saturated heterocycles. The van der Waals surface area contributed by atoms with Crippen molar-refractivity contribution in [3.05, 3.63) is 51.5 Å². The summed E-state index contributed by atoms with van der Waals surface area (Å²) < 4.78 is 13.1. The van der Waals surface area contributed by atoms with Crippen molar-refractivity contribution in [3.8, 4) is 0 Å². The highest BCUT2D eigenvalue weighted by Gasteiger charge is 2.25. The largest absolute Gasteiger partial charge is 0.335 e. The van der Waals surface area contributed by atoms with E-state index in [1.807, 2.05) is 0 Å².